The molecule has 2 saturated heterocycles. The monoisotopic (exact) mass is 383 g/mol. The first-order chi connectivity index (χ1) is 11.7. The molecule has 2 amide bonds. The lowest BCUT2D eigenvalue weighted by molar-refractivity contribution is -0.132. The third-order valence-corrected chi connectivity index (χ3v) is 5.77. The summed E-state index contributed by atoms with van der Waals surface area (Å²) in [5.74, 6) is 2.37. The third kappa shape index (κ3) is 5.90. The molecule has 2 aliphatic rings. The lowest BCUT2D eigenvalue weighted by atomic mass is 10.0. The Morgan fingerprint density at radius 1 is 1.20 bits per heavy atom. The van der Waals surface area contributed by atoms with Crippen molar-refractivity contribution in [2.75, 3.05) is 31.1 Å². The van der Waals surface area contributed by atoms with Crippen LogP contribution in [0.15, 0.2) is 30.3 Å². The molecule has 0 aliphatic carbocycles. The van der Waals surface area contributed by atoms with E-state index < -0.39 is 0 Å². The molecule has 2 fully saturated rings. The number of rotatable bonds is 4. The molecule has 25 heavy (non-hydrogen) atoms. The molecule has 1 unspecified atom stereocenters. The second-order valence-electron chi connectivity index (χ2n) is 6.42. The van der Waals surface area contributed by atoms with Crippen LogP contribution in [0.25, 0.3) is 0 Å². The summed E-state index contributed by atoms with van der Waals surface area (Å²) in [7, 11) is 0. The number of hydrogen-bond acceptors (Lipinski definition) is 4. The number of thioether (sulfide) groups is 1. The van der Waals surface area contributed by atoms with Crippen molar-refractivity contribution in [1.82, 2.24) is 15.5 Å². The van der Waals surface area contributed by atoms with Gasteiger partial charge >= 0.3 is 0 Å². The molecular formula is C18H26ClN3O2S. The minimum absolute atomic E-state index is 0. The standard InChI is InChI=1S/C18H25N3O2S.ClH/c22-17(12-16-13-24-11-8-19-16)21-9-6-15(7-10-21)20-18(23)14-4-2-1-3-5-14;/h1-5,15-16,19H,6-13H2,(H,20,23);1H. The molecule has 2 N–H and O–H groups in total. The summed E-state index contributed by atoms with van der Waals surface area (Å²) in [6.07, 6.45) is 2.25. The smallest absolute Gasteiger partial charge is 0.251 e. The van der Waals surface area contributed by atoms with Gasteiger partial charge in [-0.25, -0.2) is 0 Å². The Hall–Kier alpha value is -1.24. The van der Waals surface area contributed by atoms with E-state index in [-0.39, 0.29) is 30.3 Å². The molecule has 0 bridgehead atoms. The Balaban J connectivity index is 0.00000225. The van der Waals surface area contributed by atoms with Crippen molar-refractivity contribution in [3.63, 3.8) is 0 Å². The van der Waals surface area contributed by atoms with Gasteiger partial charge < -0.3 is 15.5 Å². The topological polar surface area (TPSA) is 61.4 Å². The Morgan fingerprint density at radius 3 is 2.56 bits per heavy atom. The maximum Gasteiger partial charge on any atom is 0.251 e. The van der Waals surface area contributed by atoms with Crippen molar-refractivity contribution < 1.29 is 9.59 Å². The van der Waals surface area contributed by atoms with Gasteiger partial charge in [-0.2, -0.15) is 11.8 Å². The normalized spacial score (nSPS) is 21.3. The van der Waals surface area contributed by atoms with Gasteiger partial charge in [0.2, 0.25) is 5.91 Å². The van der Waals surface area contributed by atoms with Gasteiger partial charge in [0.1, 0.15) is 0 Å². The Kier molecular flexibility index (Phi) is 8.06. The van der Waals surface area contributed by atoms with E-state index in [9.17, 15) is 9.59 Å². The van der Waals surface area contributed by atoms with Crippen LogP contribution < -0.4 is 10.6 Å². The van der Waals surface area contributed by atoms with Gasteiger partial charge in [0.05, 0.1) is 0 Å². The number of amides is 2. The SMILES string of the molecule is Cl.O=C(NC1CCN(C(=O)CC2CSCCN2)CC1)c1ccccc1. The predicted octanol–water partition coefficient (Wildman–Crippen LogP) is 1.92. The van der Waals surface area contributed by atoms with Crippen molar-refractivity contribution in [2.24, 2.45) is 0 Å². The molecule has 5 nitrogen and oxygen atoms in total. The summed E-state index contributed by atoms with van der Waals surface area (Å²) in [5, 5.41) is 6.50. The van der Waals surface area contributed by atoms with Gasteiger partial charge in [-0.15, -0.1) is 12.4 Å². The third-order valence-electron chi connectivity index (χ3n) is 4.64. The minimum atomic E-state index is -0.0243. The number of piperidine rings is 1. The van der Waals surface area contributed by atoms with E-state index in [4.69, 9.17) is 0 Å². The van der Waals surface area contributed by atoms with Crippen LogP contribution in [0.3, 0.4) is 0 Å². The van der Waals surface area contributed by atoms with E-state index in [2.05, 4.69) is 10.6 Å². The van der Waals surface area contributed by atoms with Crippen molar-refractivity contribution in [3.05, 3.63) is 35.9 Å². The summed E-state index contributed by atoms with van der Waals surface area (Å²) in [6, 6.07) is 9.76. The number of nitrogens with zero attached hydrogens (tertiary/aromatic N) is 1. The van der Waals surface area contributed by atoms with E-state index in [1.165, 1.54) is 0 Å². The first-order valence-corrected chi connectivity index (χ1v) is 9.82. The van der Waals surface area contributed by atoms with Crippen LogP contribution in [0.5, 0.6) is 0 Å². The zero-order valence-corrected chi connectivity index (χ0v) is 15.9. The fourth-order valence-electron chi connectivity index (χ4n) is 3.22. The predicted molar refractivity (Wildman–Crippen MR) is 104 cm³/mol. The average molecular weight is 384 g/mol. The molecule has 1 aromatic rings. The van der Waals surface area contributed by atoms with E-state index in [0.717, 1.165) is 44.0 Å². The van der Waals surface area contributed by atoms with Gasteiger partial charge in [0.25, 0.3) is 5.91 Å². The number of nitrogens with one attached hydrogen (secondary N) is 2. The molecule has 0 saturated carbocycles. The number of benzene rings is 1. The average Bonchev–Trinajstić information content (AvgIpc) is 2.64. The highest BCUT2D eigenvalue weighted by molar-refractivity contribution is 7.99. The summed E-state index contributed by atoms with van der Waals surface area (Å²) in [4.78, 5) is 26.5. The Labute approximate surface area is 159 Å². The number of halogens is 1. The van der Waals surface area contributed by atoms with Gasteiger partial charge in [-0.3, -0.25) is 9.59 Å². The molecule has 7 heteroatoms. The van der Waals surface area contributed by atoms with Crippen LogP contribution in [0, 0.1) is 0 Å². The number of carbonyl (C=O) groups excluding carboxylic acids is 2. The Bertz CT molecular complexity index is 559. The largest absolute Gasteiger partial charge is 0.349 e. The molecule has 2 aliphatic heterocycles. The first kappa shape index (κ1) is 20.1. The maximum absolute atomic E-state index is 12.4. The summed E-state index contributed by atoms with van der Waals surface area (Å²) in [6.45, 7) is 2.47. The molecule has 1 atom stereocenters. The number of carbonyl (C=O) groups is 2. The van der Waals surface area contributed by atoms with Crippen molar-refractivity contribution in [1.29, 1.82) is 0 Å². The van der Waals surface area contributed by atoms with Crippen LogP contribution in [-0.4, -0.2) is 59.9 Å². The lowest BCUT2D eigenvalue weighted by Gasteiger charge is -2.34. The van der Waals surface area contributed by atoms with Crippen molar-refractivity contribution >= 4 is 36.0 Å². The van der Waals surface area contributed by atoms with E-state index in [1.807, 2.05) is 47.0 Å². The van der Waals surface area contributed by atoms with Crippen LogP contribution in [0.1, 0.15) is 29.6 Å². The van der Waals surface area contributed by atoms with E-state index in [0.29, 0.717) is 18.0 Å². The fourth-order valence-corrected chi connectivity index (χ4v) is 4.17. The first-order valence-electron chi connectivity index (χ1n) is 8.67. The highest BCUT2D eigenvalue weighted by Crippen LogP contribution is 2.15. The van der Waals surface area contributed by atoms with Crippen LogP contribution in [-0.2, 0) is 4.79 Å². The molecule has 138 valence electrons. The van der Waals surface area contributed by atoms with Crippen LogP contribution in [0.4, 0.5) is 0 Å². The van der Waals surface area contributed by atoms with Crippen molar-refractivity contribution in [2.45, 2.75) is 31.3 Å². The van der Waals surface area contributed by atoms with Crippen LogP contribution >= 0.6 is 24.2 Å². The minimum Gasteiger partial charge on any atom is -0.349 e. The van der Waals surface area contributed by atoms with Crippen molar-refractivity contribution in [3.8, 4) is 0 Å². The highest BCUT2D eigenvalue weighted by Gasteiger charge is 2.26. The highest BCUT2D eigenvalue weighted by atomic mass is 35.5. The number of hydrogen-bond donors (Lipinski definition) is 2. The van der Waals surface area contributed by atoms with Gasteiger partial charge in [-0.1, -0.05) is 18.2 Å². The second-order valence-corrected chi connectivity index (χ2v) is 7.57. The lowest BCUT2D eigenvalue weighted by Crippen LogP contribution is -2.48. The summed E-state index contributed by atoms with van der Waals surface area (Å²) >= 11 is 1.92. The zero-order chi connectivity index (χ0) is 16.8. The van der Waals surface area contributed by atoms with Crippen LogP contribution in [0.2, 0.25) is 0 Å². The van der Waals surface area contributed by atoms with E-state index >= 15 is 0 Å². The molecule has 0 radical (unpaired) electrons. The molecular weight excluding hydrogens is 358 g/mol. The Morgan fingerprint density at radius 2 is 1.92 bits per heavy atom. The molecule has 0 spiro atoms. The molecule has 2 heterocycles. The molecule has 1 aromatic carbocycles. The maximum atomic E-state index is 12.4. The van der Waals surface area contributed by atoms with Gasteiger partial charge in [-0.05, 0) is 25.0 Å². The number of likely N-dealkylation sites (tertiary alicyclic amines) is 1. The zero-order valence-electron chi connectivity index (χ0n) is 14.3. The summed E-state index contributed by atoms with van der Waals surface area (Å²) in [5.41, 5.74) is 0.692. The molecule has 3 rings (SSSR count). The quantitative estimate of drug-likeness (QED) is 0.834. The molecule has 0 aromatic heterocycles. The second kappa shape index (κ2) is 10.0. The van der Waals surface area contributed by atoms with Gasteiger partial charge in [0, 0.05) is 55.2 Å². The van der Waals surface area contributed by atoms with Gasteiger partial charge in [0.15, 0.2) is 0 Å². The fraction of sp³-hybridized carbons (Fsp3) is 0.556. The van der Waals surface area contributed by atoms with E-state index in [1.54, 1.807) is 0 Å². The summed E-state index contributed by atoms with van der Waals surface area (Å²) < 4.78 is 0.